The van der Waals surface area contributed by atoms with Crippen LogP contribution < -0.4 is 16.0 Å². The van der Waals surface area contributed by atoms with E-state index in [0.29, 0.717) is 13.0 Å². The molecule has 0 spiro atoms. The van der Waals surface area contributed by atoms with E-state index in [1.165, 1.54) is 10.5 Å². The van der Waals surface area contributed by atoms with Crippen LogP contribution in [-0.4, -0.2) is 65.0 Å². The normalized spacial score (nSPS) is 17.2. The molecule has 0 saturated carbocycles. The number of aliphatic hydroxyl groups excluding tert-OH is 1. The van der Waals surface area contributed by atoms with Gasteiger partial charge in [-0.15, -0.1) is 0 Å². The Morgan fingerprint density at radius 1 is 1.03 bits per heavy atom. The monoisotopic (exact) mass is 488 g/mol. The van der Waals surface area contributed by atoms with Gasteiger partial charge in [-0.1, -0.05) is 58.9 Å². The molecule has 0 aromatic heterocycles. The van der Waals surface area contributed by atoms with E-state index in [9.17, 15) is 24.3 Å². The molecule has 0 radical (unpaired) electrons. The van der Waals surface area contributed by atoms with Crippen molar-refractivity contribution >= 4 is 23.8 Å². The van der Waals surface area contributed by atoms with Crippen LogP contribution in [0.25, 0.3) is 0 Å². The summed E-state index contributed by atoms with van der Waals surface area (Å²) in [5.41, 5.74) is 2.10. The summed E-state index contributed by atoms with van der Waals surface area (Å²) in [4.78, 5) is 50.5. The Bertz CT molecular complexity index is 884. The lowest BCUT2D eigenvalue weighted by Gasteiger charge is -2.32. The van der Waals surface area contributed by atoms with E-state index in [-0.39, 0.29) is 43.0 Å². The third-order valence-electron chi connectivity index (χ3n) is 5.92. The van der Waals surface area contributed by atoms with Crippen LogP contribution in [0.2, 0.25) is 0 Å². The largest absolute Gasteiger partial charge is 0.389 e. The van der Waals surface area contributed by atoms with Crippen molar-refractivity contribution in [1.29, 1.82) is 0 Å². The summed E-state index contributed by atoms with van der Waals surface area (Å²) in [6.07, 6.45) is 0.506. The molecule has 0 aliphatic carbocycles. The molecule has 35 heavy (non-hydrogen) atoms. The standard InChI is InChI=1S/C26H40N4O5/c1-6-18-7-9-19(10-8-18)12-23(32)27-20(11-16(2)3)22(31)15-30(14-17(4)5)24(33)13-21-25(34)29-26(35)28-21/h7-10,16-17,20-22,31H,6,11-15H2,1-5H3,(H,27,32)(H2,28,29,34,35). The lowest BCUT2D eigenvalue weighted by Crippen LogP contribution is -2.51. The van der Waals surface area contributed by atoms with E-state index in [1.807, 2.05) is 52.0 Å². The van der Waals surface area contributed by atoms with Crippen molar-refractivity contribution in [3.63, 3.8) is 0 Å². The van der Waals surface area contributed by atoms with Crippen molar-refractivity contribution < 1.29 is 24.3 Å². The van der Waals surface area contributed by atoms with Gasteiger partial charge in [-0.05, 0) is 35.8 Å². The van der Waals surface area contributed by atoms with Crippen molar-refractivity contribution in [1.82, 2.24) is 20.9 Å². The molecule has 3 atom stereocenters. The quantitative estimate of drug-likeness (QED) is 0.315. The molecule has 194 valence electrons. The van der Waals surface area contributed by atoms with Crippen LogP contribution in [0.15, 0.2) is 24.3 Å². The first-order valence-corrected chi connectivity index (χ1v) is 12.4. The first kappa shape index (κ1) is 28.3. The molecule has 1 aromatic rings. The van der Waals surface area contributed by atoms with Gasteiger partial charge in [0.25, 0.3) is 5.91 Å². The second-order valence-electron chi connectivity index (χ2n) is 10.1. The molecule has 9 nitrogen and oxygen atoms in total. The SMILES string of the molecule is CCc1ccc(CC(=O)NC(CC(C)C)C(O)CN(CC(C)C)C(=O)CC2NC(=O)NC2=O)cc1. The Kier molecular flexibility index (Phi) is 10.7. The first-order chi connectivity index (χ1) is 16.5. The maximum atomic E-state index is 13.0. The number of carbonyl (C=O) groups excluding carboxylic acids is 4. The maximum absolute atomic E-state index is 13.0. The van der Waals surface area contributed by atoms with Crippen molar-refractivity contribution in [2.75, 3.05) is 13.1 Å². The molecule has 3 unspecified atom stereocenters. The van der Waals surface area contributed by atoms with Crippen LogP contribution in [0.4, 0.5) is 4.79 Å². The Hall–Kier alpha value is -2.94. The summed E-state index contributed by atoms with van der Waals surface area (Å²) >= 11 is 0. The van der Waals surface area contributed by atoms with Crippen molar-refractivity contribution in [2.24, 2.45) is 11.8 Å². The zero-order valence-electron chi connectivity index (χ0n) is 21.5. The highest BCUT2D eigenvalue weighted by atomic mass is 16.3. The van der Waals surface area contributed by atoms with E-state index in [1.54, 1.807) is 0 Å². The Morgan fingerprint density at radius 3 is 2.17 bits per heavy atom. The molecule has 5 amide bonds. The van der Waals surface area contributed by atoms with Crippen molar-refractivity contribution in [3.05, 3.63) is 35.4 Å². The number of imide groups is 1. The van der Waals surface area contributed by atoms with Gasteiger partial charge in [0.15, 0.2) is 0 Å². The Balaban J connectivity index is 2.05. The van der Waals surface area contributed by atoms with Crippen molar-refractivity contribution in [2.45, 2.75) is 78.5 Å². The smallest absolute Gasteiger partial charge is 0.322 e. The average Bonchev–Trinajstić information content (AvgIpc) is 3.08. The lowest BCUT2D eigenvalue weighted by molar-refractivity contribution is -0.136. The molecule has 1 heterocycles. The van der Waals surface area contributed by atoms with Gasteiger partial charge in [-0.25, -0.2) is 4.79 Å². The highest BCUT2D eigenvalue weighted by Crippen LogP contribution is 2.14. The minimum absolute atomic E-state index is 0.0160. The molecule has 0 bridgehead atoms. The number of aryl methyl sites for hydroxylation is 1. The third-order valence-corrected chi connectivity index (χ3v) is 5.92. The fourth-order valence-electron chi connectivity index (χ4n) is 4.13. The van der Waals surface area contributed by atoms with Crippen molar-refractivity contribution in [3.8, 4) is 0 Å². The summed E-state index contributed by atoms with van der Waals surface area (Å²) in [6.45, 7) is 10.4. The number of amides is 5. The predicted octanol–water partition coefficient (Wildman–Crippen LogP) is 1.77. The number of aliphatic hydroxyl groups is 1. The van der Waals surface area contributed by atoms with E-state index in [2.05, 4.69) is 22.9 Å². The van der Waals surface area contributed by atoms with Gasteiger partial charge >= 0.3 is 6.03 Å². The molecule has 1 aliphatic heterocycles. The minimum Gasteiger partial charge on any atom is -0.389 e. The van der Waals surface area contributed by atoms with Gasteiger partial charge in [0.05, 0.1) is 25.0 Å². The van der Waals surface area contributed by atoms with Gasteiger partial charge in [0.2, 0.25) is 11.8 Å². The van der Waals surface area contributed by atoms with E-state index in [4.69, 9.17) is 0 Å². The number of hydrogen-bond acceptors (Lipinski definition) is 5. The zero-order valence-corrected chi connectivity index (χ0v) is 21.5. The van der Waals surface area contributed by atoms with E-state index in [0.717, 1.165) is 12.0 Å². The van der Waals surface area contributed by atoms with E-state index < -0.39 is 30.1 Å². The minimum atomic E-state index is -0.987. The van der Waals surface area contributed by atoms with Gasteiger partial charge in [0, 0.05) is 13.1 Å². The second kappa shape index (κ2) is 13.2. The van der Waals surface area contributed by atoms with Crippen LogP contribution in [0.1, 0.15) is 58.6 Å². The van der Waals surface area contributed by atoms with E-state index >= 15 is 0 Å². The number of nitrogens with one attached hydrogen (secondary N) is 3. The summed E-state index contributed by atoms with van der Waals surface area (Å²) in [6, 6.07) is 5.81. The van der Waals surface area contributed by atoms with Gasteiger partial charge in [0.1, 0.15) is 6.04 Å². The number of hydrogen-bond donors (Lipinski definition) is 4. The number of rotatable bonds is 13. The summed E-state index contributed by atoms with van der Waals surface area (Å²) in [5.74, 6) is -0.727. The number of nitrogens with zero attached hydrogens (tertiary/aromatic N) is 1. The molecule has 9 heteroatoms. The van der Waals surface area contributed by atoms with Crippen LogP contribution in [-0.2, 0) is 27.2 Å². The summed E-state index contributed by atoms with van der Waals surface area (Å²) < 4.78 is 0. The third kappa shape index (κ3) is 9.32. The average molecular weight is 489 g/mol. The van der Waals surface area contributed by atoms with Crippen LogP contribution >= 0.6 is 0 Å². The van der Waals surface area contributed by atoms with Crippen LogP contribution in [0.5, 0.6) is 0 Å². The number of benzene rings is 1. The summed E-state index contributed by atoms with van der Waals surface area (Å²) in [7, 11) is 0. The molecule has 1 saturated heterocycles. The first-order valence-electron chi connectivity index (χ1n) is 12.4. The highest BCUT2D eigenvalue weighted by molar-refractivity contribution is 6.05. The fourth-order valence-corrected chi connectivity index (χ4v) is 4.13. The Labute approximate surface area is 208 Å². The summed E-state index contributed by atoms with van der Waals surface area (Å²) in [5, 5.41) is 18.6. The predicted molar refractivity (Wildman–Crippen MR) is 133 cm³/mol. The molecule has 1 aromatic carbocycles. The molecule has 4 N–H and O–H groups in total. The topological polar surface area (TPSA) is 128 Å². The van der Waals surface area contributed by atoms with Crippen LogP contribution in [0, 0.1) is 11.8 Å². The molecule has 1 fully saturated rings. The Morgan fingerprint density at radius 2 is 1.66 bits per heavy atom. The lowest BCUT2D eigenvalue weighted by atomic mass is 9.97. The van der Waals surface area contributed by atoms with Gasteiger partial charge < -0.3 is 20.6 Å². The fraction of sp³-hybridized carbons (Fsp3) is 0.615. The number of carbonyl (C=O) groups is 4. The van der Waals surface area contributed by atoms with Gasteiger partial charge in [-0.3, -0.25) is 19.7 Å². The molecular formula is C26H40N4O5. The second-order valence-corrected chi connectivity index (χ2v) is 10.1. The zero-order chi connectivity index (χ0) is 26.1. The number of urea groups is 1. The van der Waals surface area contributed by atoms with Crippen LogP contribution in [0.3, 0.4) is 0 Å². The maximum Gasteiger partial charge on any atom is 0.322 e. The highest BCUT2D eigenvalue weighted by Gasteiger charge is 2.34. The molecule has 2 rings (SSSR count). The molecular weight excluding hydrogens is 448 g/mol. The van der Waals surface area contributed by atoms with Gasteiger partial charge in [-0.2, -0.15) is 0 Å². The molecule has 1 aliphatic rings.